The summed E-state index contributed by atoms with van der Waals surface area (Å²) < 4.78 is 10.4. The topological polar surface area (TPSA) is 79.9 Å². The van der Waals surface area contributed by atoms with Gasteiger partial charge in [0.1, 0.15) is 11.5 Å². The highest BCUT2D eigenvalue weighted by Gasteiger charge is 2.21. The van der Waals surface area contributed by atoms with Crippen LogP contribution in [0, 0.1) is 0 Å². The maximum absolute atomic E-state index is 12.6. The summed E-state index contributed by atoms with van der Waals surface area (Å²) in [5.41, 5.74) is 2.27. The van der Waals surface area contributed by atoms with E-state index in [0.717, 1.165) is 5.69 Å². The van der Waals surface area contributed by atoms with Gasteiger partial charge >= 0.3 is 0 Å². The van der Waals surface area contributed by atoms with Crippen molar-refractivity contribution >= 4 is 40.5 Å². The first-order valence-electron chi connectivity index (χ1n) is 7.81. The fourth-order valence-electron chi connectivity index (χ4n) is 2.75. The quantitative estimate of drug-likeness (QED) is 0.858. The third-order valence-electron chi connectivity index (χ3n) is 4.05. The number of nitrogens with zero attached hydrogens (tertiary/aromatic N) is 1. The first-order valence-corrected chi connectivity index (χ1v) is 8.18. The molecule has 0 bridgehead atoms. The molecule has 2 aromatic rings. The minimum absolute atomic E-state index is 0.123. The molecule has 0 atom stereocenters. The Morgan fingerprint density at radius 3 is 2.62 bits per heavy atom. The van der Waals surface area contributed by atoms with Gasteiger partial charge in [0.15, 0.2) is 0 Å². The molecule has 8 heteroatoms. The second kappa shape index (κ2) is 7.13. The summed E-state index contributed by atoms with van der Waals surface area (Å²) in [6.07, 6.45) is 0. The van der Waals surface area contributed by atoms with Crippen molar-refractivity contribution in [3.05, 3.63) is 40.9 Å². The molecule has 1 aliphatic rings. The van der Waals surface area contributed by atoms with Gasteiger partial charge in [0.05, 0.1) is 42.8 Å². The molecule has 0 saturated heterocycles. The van der Waals surface area contributed by atoms with Crippen LogP contribution in [-0.2, 0) is 4.79 Å². The number of ether oxygens (including phenoxy) is 2. The van der Waals surface area contributed by atoms with Gasteiger partial charge in [-0.25, -0.2) is 0 Å². The van der Waals surface area contributed by atoms with Crippen molar-refractivity contribution in [1.29, 1.82) is 0 Å². The van der Waals surface area contributed by atoms with Crippen molar-refractivity contribution in [2.24, 2.45) is 0 Å². The van der Waals surface area contributed by atoms with Gasteiger partial charge in [-0.1, -0.05) is 11.6 Å². The zero-order chi connectivity index (χ0) is 18.8. The molecule has 2 amide bonds. The fraction of sp³-hybridized carbons (Fsp3) is 0.222. The molecule has 0 fully saturated rings. The molecule has 0 radical (unpaired) electrons. The molecule has 1 heterocycles. The summed E-state index contributed by atoms with van der Waals surface area (Å²) >= 11 is 6.08. The zero-order valence-corrected chi connectivity index (χ0v) is 15.3. The standard InChI is InChI=1S/C18H18ClN3O4/c1-22-9-17(23)20-12-6-10(4-5-14(12)22)18(24)21-13-8-15(25-2)11(19)7-16(13)26-3/h4-8H,9H2,1-3H3,(H,20,23)(H,21,24). The van der Waals surface area contributed by atoms with Gasteiger partial charge in [-0.3, -0.25) is 9.59 Å². The number of carbonyl (C=O) groups excluding carboxylic acids is 2. The summed E-state index contributed by atoms with van der Waals surface area (Å²) in [5, 5.41) is 5.93. The second-order valence-electron chi connectivity index (χ2n) is 5.78. The number of carbonyl (C=O) groups is 2. The predicted octanol–water partition coefficient (Wildman–Crippen LogP) is 3.00. The first-order chi connectivity index (χ1) is 12.4. The first kappa shape index (κ1) is 17.9. The van der Waals surface area contributed by atoms with Gasteiger partial charge in [-0.15, -0.1) is 0 Å². The normalized spacial score (nSPS) is 12.9. The Bertz CT molecular complexity index is 885. The Labute approximate surface area is 155 Å². The summed E-state index contributed by atoms with van der Waals surface area (Å²) in [5.74, 6) is 0.358. The molecule has 3 rings (SSSR count). The highest BCUT2D eigenvalue weighted by Crippen LogP contribution is 2.36. The van der Waals surface area contributed by atoms with E-state index in [1.165, 1.54) is 14.2 Å². The van der Waals surface area contributed by atoms with E-state index < -0.39 is 0 Å². The minimum Gasteiger partial charge on any atom is -0.495 e. The maximum atomic E-state index is 12.6. The predicted molar refractivity (Wildman–Crippen MR) is 101 cm³/mol. The van der Waals surface area contributed by atoms with Crippen molar-refractivity contribution in [3.63, 3.8) is 0 Å². The lowest BCUT2D eigenvalue weighted by atomic mass is 10.1. The SMILES string of the molecule is COc1cc(NC(=O)c2ccc3c(c2)NC(=O)CN3C)c(OC)cc1Cl. The molecular formula is C18H18ClN3O4. The molecule has 2 aromatic carbocycles. The Morgan fingerprint density at radius 2 is 1.92 bits per heavy atom. The molecule has 0 saturated carbocycles. The lowest BCUT2D eigenvalue weighted by Gasteiger charge is -2.27. The molecule has 0 aliphatic carbocycles. The Balaban J connectivity index is 1.89. The van der Waals surface area contributed by atoms with Gasteiger partial charge < -0.3 is 25.0 Å². The number of hydrogen-bond acceptors (Lipinski definition) is 5. The number of fused-ring (bicyclic) bond motifs is 1. The smallest absolute Gasteiger partial charge is 0.255 e. The summed E-state index contributed by atoms with van der Waals surface area (Å²) in [6.45, 7) is 0.278. The molecular weight excluding hydrogens is 358 g/mol. The fourth-order valence-corrected chi connectivity index (χ4v) is 2.98. The van der Waals surface area contributed by atoms with E-state index in [2.05, 4.69) is 10.6 Å². The highest BCUT2D eigenvalue weighted by molar-refractivity contribution is 6.32. The third kappa shape index (κ3) is 3.39. The van der Waals surface area contributed by atoms with E-state index in [-0.39, 0.29) is 18.4 Å². The molecule has 0 unspecified atom stereocenters. The van der Waals surface area contributed by atoms with E-state index in [9.17, 15) is 9.59 Å². The summed E-state index contributed by atoms with van der Waals surface area (Å²) in [7, 11) is 4.79. The Hall–Kier alpha value is -2.93. The van der Waals surface area contributed by atoms with E-state index in [0.29, 0.717) is 33.5 Å². The second-order valence-corrected chi connectivity index (χ2v) is 6.18. The van der Waals surface area contributed by atoms with Crippen LogP contribution in [0.5, 0.6) is 11.5 Å². The third-order valence-corrected chi connectivity index (χ3v) is 4.34. The van der Waals surface area contributed by atoms with Crippen LogP contribution in [0.2, 0.25) is 5.02 Å². The minimum atomic E-state index is -0.349. The van der Waals surface area contributed by atoms with Gasteiger partial charge in [0.2, 0.25) is 5.91 Å². The van der Waals surface area contributed by atoms with Gasteiger partial charge in [-0.2, -0.15) is 0 Å². The maximum Gasteiger partial charge on any atom is 0.255 e. The molecule has 0 aromatic heterocycles. The van der Waals surface area contributed by atoms with Crippen molar-refractivity contribution < 1.29 is 19.1 Å². The number of likely N-dealkylation sites (N-methyl/N-ethyl adjacent to an activating group) is 1. The molecule has 7 nitrogen and oxygen atoms in total. The average Bonchev–Trinajstić information content (AvgIpc) is 2.61. The average molecular weight is 376 g/mol. The molecule has 26 heavy (non-hydrogen) atoms. The zero-order valence-electron chi connectivity index (χ0n) is 14.6. The summed E-state index contributed by atoms with van der Waals surface area (Å²) in [4.78, 5) is 26.2. The van der Waals surface area contributed by atoms with Crippen LogP contribution in [0.3, 0.4) is 0 Å². The monoisotopic (exact) mass is 375 g/mol. The Morgan fingerprint density at radius 1 is 1.19 bits per heavy atom. The number of hydrogen-bond donors (Lipinski definition) is 2. The van der Waals surface area contributed by atoms with Crippen molar-refractivity contribution in [1.82, 2.24) is 0 Å². The van der Waals surface area contributed by atoms with Crippen LogP contribution < -0.4 is 25.0 Å². The number of methoxy groups -OCH3 is 2. The lowest BCUT2D eigenvalue weighted by Crippen LogP contribution is -2.35. The molecule has 136 valence electrons. The van der Waals surface area contributed by atoms with E-state index in [4.69, 9.17) is 21.1 Å². The van der Waals surface area contributed by atoms with E-state index in [1.54, 1.807) is 30.3 Å². The largest absolute Gasteiger partial charge is 0.495 e. The lowest BCUT2D eigenvalue weighted by molar-refractivity contribution is -0.115. The van der Waals surface area contributed by atoms with Crippen LogP contribution >= 0.6 is 11.6 Å². The van der Waals surface area contributed by atoms with Crippen LogP contribution in [0.1, 0.15) is 10.4 Å². The van der Waals surface area contributed by atoms with E-state index >= 15 is 0 Å². The van der Waals surface area contributed by atoms with Crippen molar-refractivity contribution in [2.75, 3.05) is 43.3 Å². The molecule has 0 spiro atoms. The number of anilines is 3. The summed E-state index contributed by atoms with van der Waals surface area (Å²) in [6, 6.07) is 8.29. The van der Waals surface area contributed by atoms with E-state index in [1.807, 2.05) is 11.9 Å². The van der Waals surface area contributed by atoms with Crippen molar-refractivity contribution in [3.8, 4) is 11.5 Å². The van der Waals surface area contributed by atoms with Crippen molar-refractivity contribution in [2.45, 2.75) is 0 Å². The number of halogens is 1. The Kier molecular flexibility index (Phi) is 4.90. The number of nitrogens with one attached hydrogen (secondary N) is 2. The van der Waals surface area contributed by atoms with Gasteiger partial charge in [-0.05, 0) is 18.2 Å². The number of benzene rings is 2. The van der Waals surface area contributed by atoms with Crippen LogP contribution in [-0.4, -0.2) is 39.6 Å². The van der Waals surface area contributed by atoms with Gasteiger partial charge in [0, 0.05) is 24.7 Å². The van der Waals surface area contributed by atoms with Gasteiger partial charge in [0.25, 0.3) is 5.91 Å². The molecule has 2 N–H and O–H groups in total. The number of amides is 2. The molecule has 1 aliphatic heterocycles. The van der Waals surface area contributed by atoms with Crippen LogP contribution in [0.25, 0.3) is 0 Å². The highest BCUT2D eigenvalue weighted by atomic mass is 35.5. The van der Waals surface area contributed by atoms with Crippen LogP contribution in [0.4, 0.5) is 17.1 Å². The number of rotatable bonds is 4. The van der Waals surface area contributed by atoms with Crippen LogP contribution in [0.15, 0.2) is 30.3 Å².